The van der Waals surface area contributed by atoms with E-state index in [9.17, 15) is 4.79 Å². The van der Waals surface area contributed by atoms with Gasteiger partial charge in [0.2, 0.25) is 0 Å². The lowest BCUT2D eigenvalue weighted by atomic mass is 10.2. The molecule has 6 nitrogen and oxygen atoms in total. The largest absolute Gasteiger partial charge is 0.420 e. The van der Waals surface area contributed by atoms with E-state index in [4.69, 9.17) is 21.6 Å². The van der Waals surface area contributed by atoms with Crippen LogP contribution in [-0.2, 0) is 0 Å². The Morgan fingerprint density at radius 1 is 1.22 bits per heavy atom. The van der Waals surface area contributed by atoms with E-state index in [0.29, 0.717) is 5.56 Å². The van der Waals surface area contributed by atoms with Crippen molar-refractivity contribution in [2.75, 3.05) is 0 Å². The number of hydrogen-bond donors (Lipinski definition) is 0. The molecular formula is C16H9ClN4O2. The van der Waals surface area contributed by atoms with Crippen molar-refractivity contribution in [2.45, 2.75) is 0 Å². The van der Waals surface area contributed by atoms with E-state index < -0.39 is 5.97 Å². The molecule has 1 heterocycles. The van der Waals surface area contributed by atoms with Crippen LogP contribution in [0.15, 0.2) is 54.7 Å². The highest BCUT2D eigenvalue weighted by atomic mass is 35.5. The number of halogens is 1. The SMILES string of the molecule is N#Cc1ccc(OC(=O)c2cnn(-c3ccccc3)n2)c(Cl)c1. The van der Waals surface area contributed by atoms with Gasteiger partial charge in [-0.2, -0.15) is 15.2 Å². The average Bonchev–Trinajstić information content (AvgIpc) is 3.07. The van der Waals surface area contributed by atoms with Crippen LogP contribution in [0.5, 0.6) is 5.75 Å². The van der Waals surface area contributed by atoms with Gasteiger partial charge in [-0.25, -0.2) is 4.79 Å². The maximum atomic E-state index is 12.1. The Morgan fingerprint density at radius 3 is 2.70 bits per heavy atom. The Morgan fingerprint density at radius 2 is 2.00 bits per heavy atom. The molecule has 2 aromatic carbocycles. The fraction of sp³-hybridized carbons (Fsp3) is 0. The molecule has 0 radical (unpaired) electrons. The van der Waals surface area contributed by atoms with Crippen LogP contribution < -0.4 is 4.74 Å². The molecule has 0 aliphatic carbocycles. The minimum Gasteiger partial charge on any atom is -0.420 e. The van der Waals surface area contributed by atoms with Crippen molar-refractivity contribution in [3.63, 3.8) is 0 Å². The third kappa shape index (κ3) is 3.20. The summed E-state index contributed by atoms with van der Waals surface area (Å²) in [6.45, 7) is 0. The molecule has 0 unspecified atom stereocenters. The van der Waals surface area contributed by atoms with Crippen LogP contribution in [-0.4, -0.2) is 21.0 Å². The number of carbonyl (C=O) groups is 1. The first-order valence-electron chi connectivity index (χ1n) is 6.57. The lowest BCUT2D eigenvalue weighted by Crippen LogP contribution is -2.10. The van der Waals surface area contributed by atoms with Gasteiger partial charge in [0.15, 0.2) is 5.69 Å². The molecule has 7 heteroatoms. The van der Waals surface area contributed by atoms with Gasteiger partial charge in [0, 0.05) is 0 Å². The summed E-state index contributed by atoms with van der Waals surface area (Å²) in [6, 6.07) is 15.5. The summed E-state index contributed by atoms with van der Waals surface area (Å²) < 4.78 is 5.18. The van der Waals surface area contributed by atoms with E-state index in [1.54, 1.807) is 0 Å². The highest BCUT2D eigenvalue weighted by molar-refractivity contribution is 6.32. The molecule has 112 valence electrons. The van der Waals surface area contributed by atoms with Crippen molar-refractivity contribution in [1.29, 1.82) is 5.26 Å². The van der Waals surface area contributed by atoms with E-state index in [-0.39, 0.29) is 16.5 Å². The number of para-hydroxylation sites is 1. The summed E-state index contributed by atoms with van der Waals surface area (Å²) in [4.78, 5) is 13.4. The summed E-state index contributed by atoms with van der Waals surface area (Å²) in [7, 11) is 0. The van der Waals surface area contributed by atoms with Gasteiger partial charge in [-0.3, -0.25) is 0 Å². The predicted octanol–water partition coefficient (Wildman–Crippen LogP) is 3.01. The van der Waals surface area contributed by atoms with Crippen LogP contribution in [0, 0.1) is 11.3 Å². The number of ether oxygens (including phenoxy) is 1. The van der Waals surface area contributed by atoms with E-state index in [1.165, 1.54) is 29.2 Å². The fourth-order valence-electron chi connectivity index (χ4n) is 1.85. The zero-order valence-corrected chi connectivity index (χ0v) is 12.4. The second-order valence-electron chi connectivity index (χ2n) is 4.50. The van der Waals surface area contributed by atoms with Gasteiger partial charge in [0.05, 0.1) is 28.5 Å². The van der Waals surface area contributed by atoms with Crippen molar-refractivity contribution >= 4 is 17.6 Å². The number of nitriles is 1. The van der Waals surface area contributed by atoms with E-state index in [0.717, 1.165) is 5.69 Å². The minimum atomic E-state index is -0.682. The molecule has 0 saturated carbocycles. The van der Waals surface area contributed by atoms with Gasteiger partial charge in [-0.15, -0.1) is 5.10 Å². The first-order valence-corrected chi connectivity index (χ1v) is 6.95. The molecular weight excluding hydrogens is 316 g/mol. The van der Waals surface area contributed by atoms with Gasteiger partial charge < -0.3 is 4.74 Å². The summed E-state index contributed by atoms with van der Waals surface area (Å²) in [5, 5.41) is 17.1. The topological polar surface area (TPSA) is 80.8 Å². The molecule has 0 atom stereocenters. The molecule has 0 bridgehead atoms. The van der Waals surface area contributed by atoms with Crippen LogP contribution in [0.1, 0.15) is 16.1 Å². The predicted molar refractivity (Wildman–Crippen MR) is 82.5 cm³/mol. The third-order valence-electron chi connectivity index (χ3n) is 2.95. The number of benzene rings is 2. The Hall–Kier alpha value is -3.17. The van der Waals surface area contributed by atoms with Crippen LogP contribution in [0.25, 0.3) is 5.69 Å². The van der Waals surface area contributed by atoms with Crippen LogP contribution >= 0.6 is 11.6 Å². The van der Waals surface area contributed by atoms with Crippen molar-refractivity contribution in [3.05, 3.63) is 71.0 Å². The molecule has 23 heavy (non-hydrogen) atoms. The molecule has 0 saturated heterocycles. The van der Waals surface area contributed by atoms with Gasteiger partial charge in [-0.05, 0) is 30.3 Å². The number of esters is 1. The summed E-state index contributed by atoms with van der Waals surface area (Å²) in [5.74, 6) is -0.524. The Kier molecular flexibility index (Phi) is 4.04. The number of aromatic nitrogens is 3. The molecule has 0 amide bonds. The fourth-order valence-corrected chi connectivity index (χ4v) is 2.07. The maximum absolute atomic E-state index is 12.1. The monoisotopic (exact) mass is 324 g/mol. The summed E-state index contributed by atoms with van der Waals surface area (Å²) in [6.07, 6.45) is 1.31. The molecule has 0 aliphatic heterocycles. The molecule has 1 aromatic heterocycles. The normalized spacial score (nSPS) is 10.1. The van der Waals surface area contributed by atoms with Crippen LogP contribution in [0.2, 0.25) is 5.02 Å². The number of rotatable bonds is 3. The van der Waals surface area contributed by atoms with Crippen LogP contribution in [0.4, 0.5) is 0 Å². The zero-order chi connectivity index (χ0) is 16.2. The molecule has 3 aromatic rings. The van der Waals surface area contributed by atoms with E-state index in [1.807, 2.05) is 36.4 Å². The lowest BCUT2D eigenvalue weighted by molar-refractivity contribution is 0.0728. The van der Waals surface area contributed by atoms with Gasteiger partial charge >= 0.3 is 5.97 Å². The standard InChI is InChI=1S/C16H9ClN4O2/c17-13-8-11(9-18)6-7-15(13)23-16(22)14-10-19-21(20-14)12-4-2-1-3-5-12/h1-8,10H. The van der Waals surface area contributed by atoms with Crippen molar-refractivity contribution < 1.29 is 9.53 Å². The van der Waals surface area contributed by atoms with Gasteiger partial charge in [-0.1, -0.05) is 29.8 Å². The summed E-state index contributed by atoms with van der Waals surface area (Å²) in [5.41, 5.74) is 1.15. The van der Waals surface area contributed by atoms with Crippen molar-refractivity contribution in [3.8, 4) is 17.5 Å². The smallest absolute Gasteiger partial charge is 0.366 e. The Bertz CT molecular complexity index is 900. The Labute approximate surface area is 136 Å². The minimum absolute atomic E-state index is 0.0503. The highest BCUT2D eigenvalue weighted by Crippen LogP contribution is 2.25. The van der Waals surface area contributed by atoms with E-state index in [2.05, 4.69) is 10.2 Å². The molecule has 0 aliphatic rings. The first kappa shape index (κ1) is 14.8. The first-order chi connectivity index (χ1) is 11.2. The molecule has 0 N–H and O–H groups in total. The van der Waals surface area contributed by atoms with Crippen molar-refractivity contribution in [1.82, 2.24) is 15.0 Å². The summed E-state index contributed by atoms with van der Waals surface area (Å²) >= 11 is 5.97. The van der Waals surface area contributed by atoms with Crippen molar-refractivity contribution in [2.24, 2.45) is 0 Å². The van der Waals surface area contributed by atoms with Gasteiger partial charge in [0.1, 0.15) is 5.75 Å². The highest BCUT2D eigenvalue weighted by Gasteiger charge is 2.16. The lowest BCUT2D eigenvalue weighted by Gasteiger charge is -2.04. The number of hydrogen-bond acceptors (Lipinski definition) is 5. The molecule has 0 fully saturated rings. The quantitative estimate of drug-likeness (QED) is 0.546. The van der Waals surface area contributed by atoms with E-state index >= 15 is 0 Å². The van der Waals surface area contributed by atoms with Gasteiger partial charge in [0.25, 0.3) is 0 Å². The van der Waals surface area contributed by atoms with Crippen LogP contribution in [0.3, 0.4) is 0 Å². The third-order valence-corrected chi connectivity index (χ3v) is 3.25. The zero-order valence-electron chi connectivity index (χ0n) is 11.7. The number of carbonyl (C=O) groups excluding carboxylic acids is 1. The molecule has 0 spiro atoms. The second-order valence-corrected chi connectivity index (χ2v) is 4.91. The second kappa shape index (κ2) is 6.30. The average molecular weight is 325 g/mol. The maximum Gasteiger partial charge on any atom is 0.366 e. The Balaban J connectivity index is 1.80. The molecule has 3 rings (SSSR count). The number of nitrogens with zero attached hydrogens (tertiary/aromatic N) is 4.